The zero-order valence-corrected chi connectivity index (χ0v) is 16.8. The summed E-state index contributed by atoms with van der Waals surface area (Å²) in [6.07, 6.45) is 4.70. The molecule has 9 heteroatoms. The van der Waals surface area contributed by atoms with Crippen molar-refractivity contribution in [2.45, 2.75) is 56.7 Å². The molecule has 0 aromatic rings. The molecule has 2 rings (SSSR count). The van der Waals surface area contributed by atoms with Gasteiger partial charge < -0.3 is 10.8 Å². The summed E-state index contributed by atoms with van der Waals surface area (Å²) in [7, 11) is -3.37. The van der Waals surface area contributed by atoms with Gasteiger partial charge in [-0.2, -0.15) is 16.1 Å². The Morgan fingerprint density at radius 3 is 2.76 bits per heavy atom. The molecule has 2 saturated heterocycles. The van der Waals surface area contributed by atoms with E-state index < -0.39 is 21.7 Å². The predicted molar refractivity (Wildman–Crippen MR) is 101 cm³/mol. The highest BCUT2D eigenvalue weighted by molar-refractivity contribution is 7.99. The third kappa shape index (κ3) is 4.88. The minimum atomic E-state index is -3.37. The smallest absolute Gasteiger partial charge is 0.237 e. The van der Waals surface area contributed by atoms with Crippen LogP contribution in [0.2, 0.25) is 0 Å². The summed E-state index contributed by atoms with van der Waals surface area (Å²) in [5.74, 6) is 1.31. The van der Waals surface area contributed by atoms with E-state index >= 15 is 0 Å². The lowest BCUT2D eigenvalue weighted by Crippen LogP contribution is -2.60. The predicted octanol–water partition coefficient (Wildman–Crippen LogP) is 0.234. The summed E-state index contributed by atoms with van der Waals surface area (Å²) < 4.78 is 25.3. The molecule has 1 unspecified atom stereocenters. The Kier molecular flexibility index (Phi) is 7.17. The molecule has 2 fully saturated rings. The maximum absolute atomic E-state index is 12.1. The second-order valence-electron chi connectivity index (χ2n) is 7.10. The van der Waals surface area contributed by atoms with Crippen molar-refractivity contribution in [3.05, 3.63) is 0 Å². The van der Waals surface area contributed by atoms with Crippen molar-refractivity contribution in [1.29, 1.82) is 0 Å². The van der Waals surface area contributed by atoms with Crippen molar-refractivity contribution in [2.75, 3.05) is 37.4 Å². The van der Waals surface area contributed by atoms with Gasteiger partial charge in [0.05, 0.1) is 12.4 Å². The zero-order chi connectivity index (χ0) is 18.7. The first kappa shape index (κ1) is 21.0. The summed E-state index contributed by atoms with van der Waals surface area (Å²) in [5, 5.41) is 10.5. The Hall–Kier alpha value is -0.350. The van der Waals surface area contributed by atoms with E-state index in [9.17, 15) is 18.3 Å². The lowest BCUT2D eigenvalue weighted by atomic mass is 9.87. The summed E-state index contributed by atoms with van der Waals surface area (Å²) in [6.45, 7) is 2.76. The number of amides is 1. The Morgan fingerprint density at radius 2 is 2.16 bits per heavy atom. The van der Waals surface area contributed by atoms with E-state index in [1.165, 1.54) is 10.6 Å². The second-order valence-corrected chi connectivity index (χ2v) is 10.5. The van der Waals surface area contributed by atoms with Gasteiger partial charge in [-0.3, -0.25) is 9.69 Å². The average Bonchev–Trinajstić information content (AvgIpc) is 2.72. The van der Waals surface area contributed by atoms with Crippen molar-refractivity contribution in [3.63, 3.8) is 0 Å². The molecule has 146 valence electrons. The molecule has 2 aliphatic heterocycles. The van der Waals surface area contributed by atoms with E-state index in [4.69, 9.17) is 5.73 Å². The fraction of sp³-hybridized carbons (Fsp3) is 0.938. The summed E-state index contributed by atoms with van der Waals surface area (Å²) in [6, 6.07) is 0.262. The van der Waals surface area contributed by atoms with Gasteiger partial charge in [0, 0.05) is 31.4 Å². The molecule has 2 bridgehead atoms. The number of piperidine rings is 1. The highest BCUT2D eigenvalue weighted by Gasteiger charge is 2.52. The van der Waals surface area contributed by atoms with Crippen LogP contribution in [-0.4, -0.2) is 83.7 Å². The van der Waals surface area contributed by atoms with Crippen LogP contribution >= 0.6 is 11.8 Å². The minimum Gasteiger partial charge on any atom is -0.390 e. The zero-order valence-electron chi connectivity index (χ0n) is 15.2. The largest absolute Gasteiger partial charge is 0.390 e. The van der Waals surface area contributed by atoms with Crippen LogP contribution in [-0.2, 0) is 14.8 Å². The van der Waals surface area contributed by atoms with Gasteiger partial charge in [-0.05, 0) is 37.9 Å². The highest BCUT2D eigenvalue weighted by atomic mass is 32.2. The van der Waals surface area contributed by atoms with Gasteiger partial charge in [-0.15, -0.1) is 0 Å². The van der Waals surface area contributed by atoms with Crippen molar-refractivity contribution in [3.8, 4) is 0 Å². The number of carbonyl (C=O) groups is 1. The van der Waals surface area contributed by atoms with Crippen molar-refractivity contribution < 1.29 is 18.3 Å². The van der Waals surface area contributed by atoms with Crippen molar-refractivity contribution in [1.82, 2.24) is 9.21 Å². The Balaban J connectivity index is 2.02. The van der Waals surface area contributed by atoms with Gasteiger partial charge in [-0.1, -0.05) is 6.92 Å². The third-order valence-electron chi connectivity index (χ3n) is 5.45. The van der Waals surface area contributed by atoms with Crippen LogP contribution in [0.4, 0.5) is 0 Å². The fourth-order valence-electron chi connectivity index (χ4n) is 4.19. The number of sulfonamides is 1. The molecule has 0 spiro atoms. The van der Waals surface area contributed by atoms with E-state index in [1.54, 1.807) is 11.8 Å². The minimum absolute atomic E-state index is 0.0567. The number of thioether (sulfide) groups is 1. The molecule has 1 amide bonds. The van der Waals surface area contributed by atoms with Gasteiger partial charge in [-0.25, -0.2) is 8.42 Å². The van der Waals surface area contributed by atoms with Crippen LogP contribution in [0.15, 0.2) is 0 Å². The molecule has 0 aromatic carbocycles. The third-order valence-corrected chi connectivity index (χ3v) is 7.60. The standard InChI is InChI=1S/C16H31N3O4S2/c1-3-24-10-9-18(25(2,22)23)11-14(20)12-19-13-5-4-7-16(19,8-6-13)15(17)21/h13-14,20H,3-12H2,1-2H3,(H2,17,21)/t13-,14?,16+/m1/s1. The lowest BCUT2D eigenvalue weighted by Gasteiger charge is -2.43. The lowest BCUT2D eigenvalue weighted by molar-refractivity contribution is -0.132. The molecule has 0 aromatic heterocycles. The molecule has 3 N–H and O–H groups in total. The molecule has 25 heavy (non-hydrogen) atoms. The molecule has 0 radical (unpaired) electrons. The number of rotatable bonds is 10. The first-order valence-corrected chi connectivity index (χ1v) is 12.0. The highest BCUT2D eigenvalue weighted by Crippen LogP contribution is 2.43. The van der Waals surface area contributed by atoms with Gasteiger partial charge in [0.25, 0.3) is 0 Å². The number of carbonyl (C=O) groups excluding carboxylic acids is 1. The summed E-state index contributed by atoms with van der Waals surface area (Å²) in [5.41, 5.74) is 5.03. The molecule has 3 atom stereocenters. The fourth-order valence-corrected chi connectivity index (χ4v) is 5.81. The van der Waals surface area contributed by atoms with Gasteiger partial charge >= 0.3 is 0 Å². The summed E-state index contributed by atoms with van der Waals surface area (Å²) in [4.78, 5) is 14.1. The maximum atomic E-state index is 12.1. The van der Waals surface area contributed by atoms with E-state index in [-0.39, 0.29) is 18.5 Å². The molecule has 0 aliphatic carbocycles. The number of nitrogens with two attached hydrogens (primary N) is 1. The van der Waals surface area contributed by atoms with Crippen LogP contribution in [0.5, 0.6) is 0 Å². The number of aliphatic hydroxyl groups excluding tert-OH is 1. The first-order chi connectivity index (χ1) is 11.7. The molecule has 2 aliphatic rings. The maximum Gasteiger partial charge on any atom is 0.237 e. The number of hydrogen-bond acceptors (Lipinski definition) is 6. The Bertz CT molecular complexity index is 568. The normalized spacial score (nSPS) is 28.4. The van der Waals surface area contributed by atoms with Crippen molar-refractivity contribution in [2.24, 2.45) is 5.73 Å². The van der Waals surface area contributed by atoms with Gasteiger partial charge in [0.2, 0.25) is 15.9 Å². The number of primary amides is 1. The first-order valence-electron chi connectivity index (χ1n) is 8.98. The summed E-state index contributed by atoms with van der Waals surface area (Å²) >= 11 is 1.67. The van der Waals surface area contributed by atoms with E-state index in [0.717, 1.165) is 37.9 Å². The van der Waals surface area contributed by atoms with Crippen LogP contribution in [0, 0.1) is 0 Å². The Labute approximate surface area is 155 Å². The van der Waals surface area contributed by atoms with Crippen molar-refractivity contribution >= 4 is 27.7 Å². The molecule has 0 saturated carbocycles. The van der Waals surface area contributed by atoms with Crippen LogP contribution < -0.4 is 5.73 Å². The number of β-amino-alcohol motifs (C(OH)–C–C–N with tert-alkyl or cyclic N) is 1. The Morgan fingerprint density at radius 1 is 1.44 bits per heavy atom. The quantitative estimate of drug-likeness (QED) is 0.515. The monoisotopic (exact) mass is 393 g/mol. The van der Waals surface area contributed by atoms with E-state index in [1.807, 2.05) is 11.8 Å². The number of aliphatic hydroxyl groups is 1. The molecular formula is C16H31N3O4S2. The van der Waals surface area contributed by atoms with Crippen LogP contribution in [0.1, 0.15) is 39.0 Å². The van der Waals surface area contributed by atoms with Gasteiger partial charge in [0.1, 0.15) is 5.54 Å². The molecule has 7 nitrogen and oxygen atoms in total. The van der Waals surface area contributed by atoms with Gasteiger partial charge in [0.15, 0.2) is 0 Å². The molecule has 2 heterocycles. The number of hydrogen-bond donors (Lipinski definition) is 2. The topological polar surface area (TPSA) is 104 Å². The van der Waals surface area contributed by atoms with E-state index in [0.29, 0.717) is 18.8 Å². The van der Waals surface area contributed by atoms with E-state index in [2.05, 4.69) is 0 Å². The van der Waals surface area contributed by atoms with Crippen LogP contribution in [0.25, 0.3) is 0 Å². The number of fused-ring (bicyclic) bond motifs is 2. The molecular weight excluding hydrogens is 362 g/mol. The average molecular weight is 394 g/mol. The SMILES string of the molecule is CCSCCN(CC(O)CN1[C@@H]2CCC[C@@]1(C(N)=O)CC2)S(C)(=O)=O. The second kappa shape index (κ2) is 8.56. The van der Waals surface area contributed by atoms with Crippen LogP contribution in [0.3, 0.4) is 0 Å². The number of nitrogens with zero attached hydrogens (tertiary/aromatic N) is 2.